The third-order valence-corrected chi connectivity index (χ3v) is 9.29. The van der Waals surface area contributed by atoms with E-state index in [1.807, 2.05) is 42.2 Å². The summed E-state index contributed by atoms with van der Waals surface area (Å²) >= 11 is 12.5. The minimum absolute atomic E-state index is 0.0568. The van der Waals surface area contributed by atoms with Gasteiger partial charge in [0.05, 0.1) is 16.0 Å². The molecule has 1 saturated heterocycles. The van der Waals surface area contributed by atoms with E-state index in [2.05, 4.69) is 0 Å². The summed E-state index contributed by atoms with van der Waals surface area (Å²) < 4.78 is 16.8. The molecule has 1 aliphatic heterocycles. The van der Waals surface area contributed by atoms with E-state index < -0.39 is 12.0 Å². The average Bonchev–Trinajstić information content (AvgIpc) is 3.88. The van der Waals surface area contributed by atoms with Gasteiger partial charge >= 0.3 is 6.09 Å². The monoisotopic (exact) mass is 684 g/mol. The number of carboxylic acid groups (broad SMARTS) is 1. The van der Waals surface area contributed by atoms with Gasteiger partial charge in [0, 0.05) is 39.4 Å². The lowest BCUT2D eigenvalue weighted by molar-refractivity contribution is -0.139. The summed E-state index contributed by atoms with van der Waals surface area (Å²) in [4.78, 5) is 29.5. The number of phenols is 1. The van der Waals surface area contributed by atoms with Gasteiger partial charge in [-0.3, -0.25) is 4.79 Å². The van der Waals surface area contributed by atoms with Gasteiger partial charge in [-0.05, 0) is 104 Å². The van der Waals surface area contributed by atoms with Crippen LogP contribution >= 0.6 is 23.2 Å². The zero-order valence-electron chi connectivity index (χ0n) is 26.8. The number of rotatable bonds is 14. The smallest absolute Gasteiger partial charge is 0.407 e. The summed E-state index contributed by atoms with van der Waals surface area (Å²) in [5.74, 6) is 0.489. The molecule has 1 heterocycles. The van der Waals surface area contributed by atoms with Crippen molar-refractivity contribution in [2.24, 2.45) is 5.92 Å². The van der Waals surface area contributed by atoms with Gasteiger partial charge in [0.2, 0.25) is 5.91 Å². The number of amides is 2. The number of benzene rings is 3. The lowest BCUT2D eigenvalue weighted by Crippen LogP contribution is -2.49. The van der Waals surface area contributed by atoms with Gasteiger partial charge in [-0.15, -0.1) is 0 Å². The predicted octanol–water partition coefficient (Wildman–Crippen LogP) is 7.32. The highest BCUT2D eigenvalue weighted by Crippen LogP contribution is 2.39. The number of halogens is 2. The second-order valence-corrected chi connectivity index (χ2v) is 13.2. The van der Waals surface area contributed by atoms with Crippen molar-refractivity contribution < 1.29 is 34.0 Å². The van der Waals surface area contributed by atoms with Crippen molar-refractivity contribution in [3.63, 3.8) is 0 Å². The first-order valence-electron chi connectivity index (χ1n) is 16.0. The molecular formula is C36H42Cl2N2O7. The molecule has 3 aromatic rings. The molecule has 0 unspecified atom stereocenters. The Kier molecular flexibility index (Phi) is 11.8. The van der Waals surface area contributed by atoms with E-state index in [4.69, 9.17) is 37.4 Å². The maximum atomic E-state index is 14.3. The van der Waals surface area contributed by atoms with Crippen LogP contribution in [0.4, 0.5) is 4.79 Å². The van der Waals surface area contributed by atoms with Gasteiger partial charge in [0.25, 0.3) is 0 Å². The molecule has 0 aromatic heterocycles. The SMILES string of the molecule is COCCCc1cc(O)cc(CN(C(=O)[C@H]2CN(C(=O)O)CC[C@@H]2c2ccc(OCCOc3c(Cl)cc(C)cc3Cl)cc2)C2CC2)c1. The van der Waals surface area contributed by atoms with Crippen LogP contribution in [0.5, 0.6) is 17.2 Å². The van der Waals surface area contributed by atoms with E-state index in [0.29, 0.717) is 47.7 Å². The fraction of sp³-hybridized carbons (Fsp3) is 0.444. The minimum Gasteiger partial charge on any atom is -0.508 e. The molecule has 11 heteroatoms. The molecule has 0 bridgehead atoms. The number of carbonyl (C=O) groups is 2. The van der Waals surface area contributed by atoms with Crippen LogP contribution in [0.3, 0.4) is 0 Å². The Labute approximate surface area is 285 Å². The number of nitrogens with zero attached hydrogens (tertiary/aromatic N) is 2. The van der Waals surface area contributed by atoms with Crippen LogP contribution in [0.1, 0.15) is 53.9 Å². The number of piperidine rings is 1. The van der Waals surface area contributed by atoms with Crippen molar-refractivity contribution in [3.05, 3.63) is 86.9 Å². The van der Waals surface area contributed by atoms with Gasteiger partial charge in [0.1, 0.15) is 24.7 Å². The lowest BCUT2D eigenvalue weighted by atomic mass is 9.79. The third kappa shape index (κ3) is 9.24. The van der Waals surface area contributed by atoms with Crippen molar-refractivity contribution in [2.45, 2.75) is 57.5 Å². The Bertz CT molecular complexity index is 1520. The number of methoxy groups -OCH3 is 1. The molecule has 252 valence electrons. The zero-order valence-corrected chi connectivity index (χ0v) is 28.3. The second-order valence-electron chi connectivity index (χ2n) is 12.4. The quantitative estimate of drug-likeness (QED) is 0.171. The number of ether oxygens (including phenoxy) is 3. The van der Waals surface area contributed by atoms with Crippen molar-refractivity contribution in [2.75, 3.05) is 40.0 Å². The average molecular weight is 686 g/mol. The maximum absolute atomic E-state index is 14.3. The molecule has 0 spiro atoms. The molecule has 2 amide bonds. The van der Waals surface area contributed by atoms with Crippen molar-refractivity contribution in [1.82, 2.24) is 9.80 Å². The zero-order chi connectivity index (χ0) is 33.5. The van der Waals surface area contributed by atoms with Crippen molar-refractivity contribution >= 4 is 35.2 Å². The number of hydrogen-bond acceptors (Lipinski definition) is 6. The molecule has 9 nitrogen and oxygen atoms in total. The van der Waals surface area contributed by atoms with E-state index in [-0.39, 0.29) is 43.4 Å². The van der Waals surface area contributed by atoms with Crippen LogP contribution in [-0.2, 0) is 22.5 Å². The second kappa shape index (κ2) is 16.0. The summed E-state index contributed by atoms with van der Waals surface area (Å²) in [5, 5.41) is 21.1. The van der Waals surface area contributed by atoms with Gasteiger partial charge in [-0.1, -0.05) is 41.4 Å². The van der Waals surface area contributed by atoms with Crippen LogP contribution in [0.15, 0.2) is 54.6 Å². The number of carbonyl (C=O) groups excluding carboxylic acids is 1. The molecular weight excluding hydrogens is 643 g/mol. The van der Waals surface area contributed by atoms with E-state index in [1.54, 1.807) is 31.4 Å². The standard InChI is InChI=1S/C36H42Cl2N2O7/c1-23-16-32(37)34(33(38)17-23)47-15-14-46-29-9-5-26(6-10-29)30-11-12-39(36(43)44)22-31(30)35(42)40(27-7-8-27)21-25-18-24(4-3-13-45-2)19-28(41)20-25/h5-6,9-10,16-20,27,30-31,41H,3-4,7-8,11-15,21-22H2,1-2H3,(H,43,44)/t30-,31+/m1/s1. The highest BCUT2D eigenvalue weighted by atomic mass is 35.5. The number of likely N-dealkylation sites (tertiary alicyclic amines) is 1. The molecule has 2 atom stereocenters. The first-order valence-corrected chi connectivity index (χ1v) is 16.8. The topological polar surface area (TPSA) is 109 Å². The Hall–Kier alpha value is -3.66. The third-order valence-electron chi connectivity index (χ3n) is 8.72. The Morgan fingerprint density at radius 1 is 0.936 bits per heavy atom. The summed E-state index contributed by atoms with van der Waals surface area (Å²) in [6.45, 7) is 3.90. The number of hydrogen-bond donors (Lipinski definition) is 2. The fourth-order valence-corrected chi connectivity index (χ4v) is 7.00. The fourth-order valence-electron chi connectivity index (χ4n) is 6.30. The molecule has 1 aliphatic carbocycles. The lowest BCUT2D eigenvalue weighted by Gasteiger charge is -2.39. The Balaban J connectivity index is 1.26. The van der Waals surface area contributed by atoms with Crippen LogP contribution in [0.25, 0.3) is 0 Å². The van der Waals surface area contributed by atoms with E-state index in [0.717, 1.165) is 47.9 Å². The van der Waals surface area contributed by atoms with E-state index in [9.17, 15) is 19.8 Å². The molecule has 2 N–H and O–H groups in total. The predicted molar refractivity (Wildman–Crippen MR) is 181 cm³/mol. The van der Waals surface area contributed by atoms with Gasteiger partial charge in [-0.25, -0.2) is 4.79 Å². The molecule has 2 aliphatic rings. The summed E-state index contributed by atoms with van der Waals surface area (Å²) in [6, 6.07) is 16.8. The molecule has 2 fully saturated rings. The van der Waals surface area contributed by atoms with Crippen LogP contribution in [0, 0.1) is 12.8 Å². The molecule has 5 rings (SSSR count). The van der Waals surface area contributed by atoms with E-state index >= 15 is 0 Å². The number of aryl methyl sites for hydroxylation is 2. The Morgan fingerprint density at radius 3 is 2.28 bits per heavy atom. The summed E-state index contributed by atoms with van der Waals surface area (Å²) in [7, 11) is 1.66. The largest absolute Gasteiger partial charge is 0.508 e. The van der Waals surface area contributed by atoms with E-state index in [1.165, 1.54) is 4.90 Å². The van der Waals surface area contributed by atoms with Gasteiger partial charge < -0.3 is 34.2 Å². The first kappa shape index (κ1) is 34.7. The highest BCUT2D eigenvalue weighted by molar-refractivity contribution is 6.37. The first-order chi connectivity index (χ1) is 22.6. The van der Waals surface area contributed by atoms with Gasteiger partial charge in [-0.2, -0.15) is 0 Å². The number of aromatic hydroxyl groups is 1. The molecule has 0 radical (unpaired) electrons. The normalized spacial score (nSPS) is 17.7. The van der Waals surface area contributed by atoms with Crippen molar-refractivity contribution in [1.29, 1.82) is 0 Å². The van der Waals surface area contributed by atoms with Crippen molar-refractivity contribution in [3.8, 4) is 17.2 Å². The molecule has 3 aromatic carbocycles. The molecule has 1 saturated carbocycles. The Morgan fingerprint density at radius 2 is 1.62 bits per heavy atom. The maximum Gasteiger partial charge on any atom is 0.407 e. The number of phenolic OH excluding ortho intramolecular Hbond substituents is 1. The summed E-state index contributed by atoms with van der Waals surface area (Å²) in [5.41, 5.74) is 3.76. The van der Waals surface area contributed by atoms with Crippen LogP contribution < -0.4 is 9.47 Å². The van der Waals surface area contributed by atoms with Crippen LogP contribution in [0.2, 0.25) is 10.0 Å². The minimum atomic E-state index is -1.02. The van der Waals surface area contributed by atoms with Crippen LogP contribution in [-0.4, -0.2) is 78.1 Å². The molecule has 47 heavy (non-hydrogen) atoms. The van der Waals surface area contributed by atoms with Gasteiger partial charge in [0.15, 0.2) is 5.75 Å². The summed E-state index contributed by atoms with van der Waals surface area (Å²) in [6.07, 6.45) is 2.91. The highest BCUT2D eigenvalue weighted by Gasteiger charge is 2.42.